The maximum atomic E-state index is 13.4. The number of carboxylic acid groups (broad SMARTS) is 2. The van der Waals surface area contributed by atoms with Crippen molar-refractivity contribution in [3.05, 3.63) is 54.2 Å². The summed E-state index contributed by atoms with van der Waals surface area (Å²) in [5.41, 5.74) is 7.69. The Balaban J connectivity index is 1.76. The number of nitrogens with zero attached hydrogens (tertiary/aromatic N) is 1. The number of aromatic nitrogens is 3. The molecule has 14 heteroatoms. The van der Waals surface area contributed by atoms with Crippen LogP contribution < -0.4 is 21.7 Å². The highest BCUT2D eigenvalue weighted by molar-refractivity contribution is 5.95. The van der Waals surface area contributed by atoms with Gasteiger partial charge in [-0.1, -0.05) is 32.0 Å². The van der Waals surface area contributed by atoms with Crippen LogP contribution in [0.1, 0.15) is 37.9 Å². The van der Waals surface area contributed by atoms with Crippen molar-refractivity contribution in [1.82, 2.24) is 30.9 Å². The summed E-state index contributed by atoms with van der Waals surface area (Å²) in [5, 5.41) is 27.3. The molecule has 4 unspecified atom stereocenters. The number of carbonyl (C=O) groups is 5. The molecule has 220 valence electrons. The largest absolute Gasteiger partial charge is 0.481 e. The van der Waals surface area contributed by atoms with Crippen molar-refractivity contribution in [1.29, 1.82) is 0 Å². The molecule has 0 radical (unpaired) electrons. The number of H-pyrrole nitrogens is 2. The number of fused-ring (bicyclic) bond motifs is 1. The summed E-state index contributed by atoms with van der Waals surface area (Å²) < 4.78 is 0. The minimum absolute atomic E-state index is 0.00735. The summed E-state index contributed by atoms with van der Waals surface area (Å²) >= 11 is 0. The number of amides is 3. The quantitative estimate of drug-likeness (QED) is 0.123. The molecule has 0 bridgehead atoms. The summed E-state index contributed by atoms with van der Waals surface area (Å²) in [6.07, 6.45) is 4.02. The van der Waals surface area contributed by atoms with Gasteiger partial charge in [-0.2, -0.15) is 0 Å². The third-order valence-corrected chi connectivity index (χ3v) is 6.40. The molecule has 3 amide bonds. The normalized spacial score (nSPS) is 14.1. The lowest BCUT2D eigenvalue weighted by atomic mass is 10.0. The van der Waals surface area contributed by atoms with Crippen LogP contribution in [0, 0.1) is 5.92 Å². The van der Waals surface area contributed by atoms with Crippen molar-refractivity contribution in [2.45, 2.75) is 63.7 Å². The van der Waals surface area contributed by atoms with Crippen molar-refractivity contribution in [3.8, 4) is 0 Å². The standard InChI is InChI=1S/C27H35N7O7/c1-14(2)7-20(25(38)34-22(27(40)41)8-15-11-30-19-6-4-3-5-17(15)19)33-26(39)21(9-16-12-29-13-31-16)32-24(37)18(28)10-23(35)36/h3-6,11-14,18,20-22,30H,7-10,28H2,1-2H3,(H,29,31)(H,32,37)(H,33,39)(H,34,38)(H,35,36)(H,40,41). The van der Waals surface area contributed by atoms with E-state index in [0.29, 0.717) is 11.3 Å². The number of imidazole rings is 1. The Hall–Kier alpha value is -4.72. The number of carboxylic acids is 2. The molecule has 9 N–H and O–H groups in total. The third kappa shape index (κ3) is 8.89. The number of aliphatic carboxylic acids is 2. The number of nitrogens with one attached hydrogen (secondary N) is 5. The number of carbonyl (C=O) groups excluding carboxylic acids is 3. The van der Waals surface area contributed by atoms with Crippen LogP contribution in [-0.4, -0.2) is 79.0 Å². The summed E-state index contributed by atoms with van der Waals surface area (Å²) in [4.78, 5) is 72.1. The first-order valence-corrected chi connectivity index (χ1v) is 13.1. The molecule has 0 saturated heterocycles. The molecule has 0 saturated carbocycles. The van der Waals surface area contributed by atoms with Crippen molar-refractivity contribution >= 4 is 40.6 Å². The van der Waals surface area contributed by atoms with Gasteiger partial charge in [-0.15, -0.1) is 0 Å². The molecule has 0 aliphatic heterocycles. The maximum absolute atomic E-state index is 13.4. The molecule has 4 atom stereocenters. The number of hydrogen-bond donors (Lipinski definition) is 8. The minimum atomic E-state index is -1.40. The van der Waals surface area contributed by atoms with E-state index in [1.54, 1.807) is 6.20 Å². The molecule has 1 aromatic carbocycles. The van der Waals surface area contributed by atoms with E-state index in [1.165, 1.54) is 12.5 Å². The van der Waals surface area contributed by atoms with Gasteiger partial charge in [-0.3, -0.25) is 19.2 Å². The third-order valence-electron chi connectivity index (χ3n) is 6.40. The van der Waals surface area contributed by atoms with E-state index < -0.39 is 60.2 Å². The van der Waals surface area contributed by atoms with Crippen LogP contribution in [0.5, 0.6) is 0 Å². The number of aromatic amines is 2. The highest BCUT2D eigenvalue weighted by Gasteiger charge is 2.31. The summed E-state index contributed by atoms with van der Waals surface area (Å²) in [6.45, 7) is 3.67. The van der Waals surface area contributed by atoms with Crippen LogP contribution in [-0.2, 0) is 36.8 Å². The number of nitrogens with two attached hydrogens (primary N) is 1. The van der Waals surface area contributed by atoms with Crippen molar-refractivity contribution in [2.24, 2.45) is 11.7 Å². The Bertz CT molecular complexity index is 1370. The van der Waals surface area contributed by atoms with Gasteiger partial charge in [0.2, 0.25) is 17.7 Å². The van der Waals surface area contributed by atoms with E-state index in [1.807, 2.05) is 38.1 Å². The van der Waals surface area contributed by atoms with Gasteiger partial charge >= 0.3 is 11.9 Å². The molecule has 3 rings (SSSR count). The van der Waals surface area contributed by atoms with E-state index in [9.17, 15) is 29.1 Å². The number of rotatable bonds is 15. The topological polar surface area (TPSA) is 232 Å². The van der Waals surface area contributed by atoms with E-state index >= 15 is 0 Å². The van der Waals surface area contributed by atoms with Gasteiger partial charge in [0, 0.05) is 41.8 Å². The molecule has 2 aromatic heterocycles. The van der Waals surface area contributed by atoms with Crippen LogP contribution >= 0.6 is 0 Å². The lowest BCUT2D eigenvalue weighted by molar-refractivity contribution is -0.142. The van der Waals surface area contributed by atoms with Crippen molar-refractivity contribution < 1.29 is 34.2 Å². The average Bonchev–Trinajstić information content (AvgIpc) is 3.56. The van der Waals surface area contributed by atoms with Gasteiger partial charge < -0.3 is 41.9 Å². The molecule has 0 spiro atoms. The predicted molar refractivity (Wildman–Crippen MR) is 147 cm³/mol. The van der Waals surface area contributed by atoms with Crippen LogP contribution in [0.25, 0.3) is 10.9 Å². The van der Waals surface area contributed by atoms with E-state index in [4.69, 9.17) is 10.8 Å². The van der Waals surface area contributed by atoms with E-state index in [2.05, 4.69) is 30.9 Å². The molecular formula is C27H35N7O7. The minimum Gasteiger partial charge on any atom is -0.481 e. The van der Waals surface area contributed by atoms with Crippen LogP contribution in [0.15, 0.2) is 43.0 Å². The number of hydrogen-bond acceptors (Lipinski definition) is 7. The van der Waals surface area contributed by atoms with Crippen molar-refractivity contribution in [3.63, 3.8) is 0 Å². The van der Waals surface area contributed by atoms with Crippen LogP contribution in [0.2, 0.25) is 0 Å². The molecule has 0 aliphatic rings. The number of benzene rings is 1. The Labute approximate surface area is 235 Å². The lowest BCUT2D eigenvalue weighted by Crippen LogP contribution is -2.58. The number of para-hydroxylation sites is 1. The molecule has 14 nitrogen and oxygen atoms in total. The Morgan fingerprint density at radius 1 is 0.902 bits per heavy atom. The summed E-state index contributed by atoms with van der Waals surface area (Å²) in [6, 6.07) is 2.35. The fourth-order valence-electron chi connectivity index (χ4n) is 4.35. The monoisotopic (exact) mass is 569 g/mol. The zero-order valence-corrected chi connectivity index (χ0v) is 22.7. The van der Waals surface area contributed by atoms with Gasteiger partial charge in [-0.25, -0.2) is 9.78 Å². The van der Waals surface area contributed by atoms with Gasteiger partial charge in [0.05, 0.1) is 18.8 Å². The summed E-state index contributed by atoms with van der Waals surface area (Å²) in [5.74, 6) is -4.88. The van der Waals surface area contributed by atoms with Crippen LogP contribution in [0.4, 0.5) is 0 Å². The second-order valence-corrected chi connectivity index (χ2v) is 10.2. The molecule has 2 heterocycles. The molecule has 41 heavy (non-hydrogen) atoms. The Morgan fingerprint density at radius 2 is 1.56 bits per heavy atom. The van der Waals surface area contributed by atoms with Gasteiger partial charge in [0.15, 0.2) is 0 Å². The molecule has 3 aromatic rings. The fraction of sp³-hybridized carbons (Fsp3) is 0.407. The highest BCUT2D eigenvalue weighted by Crippen LogP contribution is 2.19. The predicted octanol–water partition coefficient (Wildman–Crippen LogP) is 0.0633. The second kappa shape index (κ2) is 14.1. The molecule has 0 fully saturated rings. The molecular weight excluding hydrogens is 534 g/mol. The van der Waals surface area contributed by atoms with Crippen molar-refractivity contribution in [2.75, 3.05) is 0 Å². The van der Waals surface area contributed by atoms with Gasteiger partial charge in [0.25, 0.3) is 0 Å². The van der Waals surface area contributed by atoms with E-state index in [-0.39, 0.29) is 25.2 Å². The molecule has 0 aliphatic carbocycles. The maximum Gasteiger partial charge on any atom is 0.326 e. The first-order chi connectivity index (χ1) is 19.4. The van der Waals surface area contributed by atoms with Crippen LogP contribution in [0.3, 0.4) is 0 Å². The average molecular weight is 570 g/mol. The lowest BCUT2D eigenvalue weighted by Gasteiger charge is -2.26. The van der Waals surface area contributed by atoms with Gasteiger partial charge in [0.1, 0.15) is 18.1 Å². The van der Waals surface area contributed by atoms with E-state index in [0.717, 1.165) is 10.9 Å². The Kier molecular flexibility index (Phi) is 10.6. The first kappa shape index (κ1) is 30.8. The smallest absolute Gasteiger partial charge is 0.326 e. The SMILES string of the molecule is CC(C)CC(NC(=O)C(Cc1cnc[nH]1)NC(=O)C(N)CC(=O)O)C(=O)NC(Cc1c[nH]c2ccccc12)C(=O)O. The zero-order chi connectivity index (χ0) is 30.1. The summed E-state index contributed by atoms with van der Waals surface area (Å²) in [7, 11) is 0. The fourth-order valence-corrected chi connectivity index (χ4v) is 4.35. The van der Waals surface area contributed by atoms with Gasteiger partial charge in [-0.05, 0) is 24.0 Å². The highest BCUT2D eigenvalue weighted by atomic mass is 16.4. The first-order valence-electron chi connectivity index (χ1n) is 13.1. The second-order valence-electron chi connectivity index (χ2n) is 10.2. The zero-order valence-electron chi connectivity index (χ0n) is 22.7. The Morgan fingerprint density at radius 3 is 2.20 bits per heavy atom.